The summed E-state index contributed by atoms with van der Waals surface area (Å²) in [6.07, 6.45) is 5.62. The second-order valence-corrected chi connectivity index (χ2v) is 6.68. The minimum Gasteiger partial charge on any atom is -0.352 e. The van der Waals surface area contributed by atoms with Crippen molar-refractivity contribution in [2.24, 2.45) is 0 Å². The number of amides is 2. The average molecular weight is 340 g/mol. The highest BCUT2D eigenvalue weighted by atomic mass is 16.2. The van der Waals surface area contributed by atoms with E-state index in [2.05, 4.69) is 20.6 Å². The van der Waals surface area contributed by atoms with Gasteiger partial charge in [-0.3, -0.25) is 9.59 Å². The van der Waals surface area contributed by atoms with Gasteiger partial charge in [0, 0.05) is 11.6 Å². The van der Waals surface area contributed by atoms with Gasteiger partial charge in [-0.05, 0) is 44.9 Å². The minimum absolute atomic E-state index is 0.00796. The highest BCUT2D eigenvalue weighted by molar-refractivity contribution is 5.98. The zero-order chi connectivity index (χ0) is 17.8. The van der Waals surface area contributed by atoms with Gasteiger partial charge in [0.25, 0.3) is 5.91 Å². The Bertz CT molecular complexity index is 797. The van der Waals surface area contributed by atoms with Crippen LogP contribution in [0.25, 0.3) is 11.0 Å². The van der Waals surface area contributed by atoms with Crippen LogP contribution in [0.3, 0.4) is 0 Å². The molecule has 1 aromatic heterocycles. The smallest absolute Gasteiger partial charge is 0.251 e. The van der Waals surface area contributed by atoms with Crippen molar-refractivity contribution < 1.29 is 9.59 Å². The number of nitrogens with one attached hydrogen (secondary N) is 2. The first-order valence-corrected chi connectivity index (χ1v) is 8.85. The van der Waals surface area contributed by atoms with Gasteiger partial charge in [0.2, 0.25) is 5.91 Å². The molecule has 6 nitrogen and oxygen atoms in total. The van der Waals surface area contributed by atoms with Gasteiger partial charge in [0.05, 0.1) is 29.0 Å². The molecular weight excluding hydrogens is 316 g/mol. The molecule has 0 spiro atoms. The van der Waals surface area contributed by atoms with Crippen LogP contribution in [0.4, 0.5) is 0 Å². The van der Waals surface area contributed by atoms with Crippen molar-refractivity contribution in [3.05, 3.63) is 35.2 Å². The molecule has 0 bridgehead atoms. The highest BCUT2D eigenvalue weighted by Gasteiger charge is 2.16. The summed E-state index contributed by atoms with van der Waals surface area (Å²) >= 11 is 0. The summed E-state index contributed by atoms with van der Waals surface area (Å²) in [5, 5.41) is 5.67. The van der Waals surface area contributed by atoms with Gasteiger partial charge >= 0.3 is 0 Å². The van der Waals surface area contributed by atoms with Gasteiger partial charge < -0.3 is 10.6 Å². The maximum absolute atomic E-state index is 12.3. The standard InChI is InChI=1S/C19H24N4O2/c1-12-13(2)22-17-10-14(8-9-16(17)21-12)19(25)20-11-18(24)23-15-6-4-3-5-7-15/h8-10,15H,3-7,11H2,1-2H3,(H,20,25)(H,23,24). The molecule has 1 heterocycles. The number of rotatable bonds is 4. The Morgan fingerprint density at radius 3 is 2.44 bits per heavy atom. The number of carbonyl (C=O) groups is 2. The van der Waals surface area contributed by atoms with Gasteiger partial charge in [-0.15, -0.1) is 0 Å². The van der Waals surface area contributed by atoms with Crippen molar-refractivity contribution in [1.82, 2.24) is 20.6 Å². The van der Waals surface area contributed by atoms with Crippen LogP contribution in [0.15, 0.2) is 18.2 Å². The first kappa shape index (κ1) is 17.3. The molecule has 1 fully saturated rings. The first-order valence-electron chi connectivity index (χ1n) is 8.85. The molecule has 1 aliphatic carbocycles. The molecule has 3 rings (SSSR count). The monoisotopic (exact) mass is 340 g/mol. The summed E-state index contributed by atoms with van der Waals surface area (Å²) in [5.41, 5.74) is 3.65. The molecule has 0 unspecified atom stereocenters. The van der Waals surface area contributed by atoms with Crippen LogP contribution in [0.1, 0.15) is 53.8 Å². The minimum atomic E-state index is -0.277. The number of aromatic nitrogens is 2. The second kappa shape index (κ2) is 7.59. The third-order valence-corrected chi connectivity index (χ3v) is 4.72. The van der Waals surface area contributed by atoms with Crippen molar-refractivity contribution in [3.8, 4) is 0 Å². The average Bonchev–Trinajstić information content (AvgIpc) is 2.61. The first-order chi connectivity index (χ1) is 12.0. The van der Waals surface area contributed by atoms with Crippen molar-refractivity contribution in [1.29, 1.82) is 0 Å². The summed E-state index contributed by atoms with van der Waals surface area (Å²) in [4.78, 5) is 33.2. The van der Waals surface area contributed by atoms with E-state index in [0.29, 0.717) is 11.1 Å². The Balaban J connectivity index is 1.59. The fraction of sp³-hybridized carbons (Fsp3) is 0.474. The predicted molar refractivity (Wildman–Crippen MR) is 96.4 cm³/mol. The second-order valence-electron chi connectivity index (χ2n) is 6.68. The van der Waals surface area contributed by atoms with Crippen molar-refractivity contribution in [3.63, 3.8) is 0 Å². The van der Waals surface area contributed by atoms with E-state index in [1.54, 1.807) is 18.2 Å². The number of hydrogen-bond acceptors (Lipinski definition) is 4. The molecule has 0 saturated heterocycles. The van der Waals surface area contributed by atoms with E-state index in [-0.39, 0.29) is 24.4 Å². The maximum Gasteiger partial charge on any atom is 0.251 e. The maximum atomic E-state index is 12.3. The molecular formula is C19H24N4O2. The van der Waals surface area contributed by atoms with Crippen molar-refractivity contribution in [2.75, 3.05) is 6.54 Å². The largest absolute Gasteiger partial charge is 0.352 e. The molecule has 132 valence electrons. The number of hydrogen-bond donors (Lipinski definition) is 2. The van der Waals surface area contributed by atoms with Crippen LogP contribution in [0.2, 0.25) is 0 Å². The van der Waals surface area contributed by atoms with Crippen LogP contribution >= 0.6 is 0 Å². The van der Waals surface area contributed by atoms with E-state index in [9.17, 15) is 9.59 Å². The van der Waals surface area contributed by atoms with E-state index in [0.717, 1.165) is 42.6 Å². The van der Waals surface area contributed by atoms with Crippen molar-refractivity contribution >= 4 is 22.8 Å². The van der Waals surface area contributed by atoms with E-state index >= 15 is 0 Å². The van der Waals surface area contributed by atoms with Crippen LogP contribution in [0, 0.1) is 13.8 Å². The Morgan fingerprint density at radius 2 is 1.72 bits per heavy atom. The molecule has 0 aliphatic heterocycles. The van der Waals surface area contributed by atoms with Gasteiger partial charge in [0.1, 0.15) is 0 Å². The molecule has 0 radical (unpaired) electrons. The zero-order valence-electron chi connectivity index (χ0n) is 14.8. The molecule has 1 aromatic carbocycles. The fourth-order valence-electron chi connectivity index (χ4n) is 3.16. The highest BCUT2D eigenvalue weighted by Crippen LogP contribution is 2.17. The zero-order valence-corrected chi connectivity index (χ0v) is 14.8. The lowest BCUT2D eigenvalue weighted by atomic mass is 9.95. The van der Waals surface area contributed by atoms with E-state index in [4.69, 9.17) is 0 Å². The Morgan fingerprint density at radius 1 is 1.04 bits per heavy atom. The lowest BCUT2D eigenvalue weighted by molar-refractivity contribution is -0.121. The van der Waals surface area contributed by atoms with E-state index < -0.39 is 0 Å². The normalized spacial score (nSPS) is 15.1. The Labute approximate surface area is 147 Å². The quantitative estimate of drug-likeness (QED) is 0.895. The lowest BCUT2D eigenvalue weighted by Gasteiger charge is -2.22. The molecule has 25 heavy (non-hydrogen) atoms. The number of benzene rings is 1. The Hall–Kier alpha value is -2.50. The van der Waals surface area contributed by atoms with Crippen LogP contribution in [-0.4, -0.2) is 34.4 Å². The van der Waals surface area contributed by atoms with Gasteiger partial charge in [-0.25, -0.2) is 9.97 Å². The fourth-order valence-corrected chi connectivity index (χ4v) is 3.16. The third-order valence-electron chi connectivity index (χ3n) is 4.72. The van der Waals surface area contributed by atoms with Gasteiger partial charge in [-0.2, -0.15) is 0 Å². The van der Waals surface area contributed by atoms with Crippen molar-refractivity contribution in [2.45, 2.75) is 52.0 Å². The van der Waals surface area contributed by atoms with Crippen LogP contribution in [0.5, 0.6) is 0 Å². The number of fused-ring (bicyclic) bond motifs is 1. The Kier molecular flexibility index (Phi) is 5.26. The number of nitrogens with zero attached hydrogens (tertiary/aromatic N) is 2. The lowest BCUT2D eigenvalue weighted by Crippen LogP contribution is -2.42. The molecule has 2 N–H and O–H groups in total. The summed E-state index contributed by atoms with van der Waals surface area (Å²) in [6, 6.07) is 5.45. The topological polar surface area (TPSA) is 84.0 Å². The molecule has 1 aliphatic rings. The molecule has 6 heteroatoms. The number of carbonyl (C=O) groups excluding carboxylic acids is 2. The molecule has 2 amide bonds. The van der Waals surface area contributed by atoms with Gasteiger partial charge in [-0.1, -0.05) is 19.3 Å². The summed E-state index contributed by atoms with van der Waals surface area (Å²) in [6.45, 7) is 3.80. The summed E-state index contributed by atoms with van der Waals surface area (Å²) < 4.78 is 0. The third kappa shape index (κ3) is 4.32. The summed E-state index contributed by atoms with van der Waals surface area (Å²) in [5.74, 6) is -0.409. The molecule has 1 saturated carbocycles. The van der Waals surface area contributed by atoms with E-state index in [1.165, 1.54) is 6.42 Å². The van der Waals surface area contributed by atoms with E-state index in [1.807, 2.05) is 13.8 Å². The molecule has 0 atom stereocenters. The SMILES string of the molecule is Cc1nc2ccc(C(=O)NCC(=O)NC3CCCCC3)cc2nc1C. The molecule has 2 aromatic rings. The predicted octanol–water partition coefficient (Wildman–Crippen LogP) is 2.43. The van der Waals surface area contributed by atoms with Gasteiger partial charge in [0.15, 0.2) is 0 Å². The summed E-state index contributed by atoms with van der Waals surface area (Å²) in [7, 11) is 0. The van der Waals surface area contributed by atoms with Crippen LogP contribution in [-0.2, 0) is 4.79 Å². The number of aryl methyl sites for hydroxylation is 2. The van der Waals surface area contributed by atoms with Crippen LogP contribution < -0.4 is 10.6 Å².